The average Bonchev–Trinajstić information content (AvgIpc) is 2.91. The maximum absolute atomic E-state index is 10.1. The Hall–Kier alpha value is -1.10. The van der Waals surface area contributed by atoms with E-state index in [2.05, 4.69) is 0 Å². The van der Waals surface area contributed by atoms with Gasteiger partial charge in [0.1, 0.15) is 11.9 Å². The molecule has 0 aliphatic carbocycles. The van der Waals surface area contributed by atoms with Crippen molar-refractivity contribution >= 4 is 0 Å². The van der Waals surface area contributed by atoms with Crippen molar-refractivity contribution in [3.8, 4) is 5.75 Å². The highest BCUT2D eigenvalue weighted by atomic mass is 16.5. The van der Waals surface area contributed by atoms with Gasteiger partial charge in [0.25, 0.3) is 0 Å². The standard InChI is InChI=1S/C14H20O4/c1-16-14-5-3-2-4-12(14)13(15)10-18-9-11-6-7-17-8-11/h2-5,11,13,15H,6-10H2,1H3. The lowest BCUT2D eigenvalue weighted by Crippen LogP contribution is -2.14. The fourth-order valence-corrected chi connectivity index (χ4v) is 2.09. The molecule has 1 fully saturated rings. The Morgan fingerprint density at radius 2 is 2.28 bits per heavy atom. The number of hydrogen-bond acceptors (Lipinski definition) is 4. The van der Waals surface area contributed by atoms with Crippen molar-refractivity contribution in [2.75, 3.05) is 33.5 Å². The van der Waals surface area contributed by atoms with E-state index in [1.165, 1.54) is 0 Å². The van der Waals surface area contributed by atoms with Crippen LogP contribution < -0.4 is 4.74 Å². The Labute approximate surface area is 107 Å². The summed E-state index contributed by atoms with van der Waals surface area (Å²) in [5.41, 5.74) is 0.766. The Bertz CT molecular complexity index is 361. The van der Waals surface area contributed by atoms with Crippen molar-refractivity contribution in [1.29, 1.82) is 0 Å². The minimum atomic E-state index is -0.650. The number of rotatable bonds is 6. The first-order valence-corrected chi connectivity index (χ1v) is 6.27. The SMILES string of the molecule is COc1ccccc1C(O)COCC1CCOC1. The molecule has 18 heavy (non-hydrogen) atoms. The number of aliphatic hydroxyl groups excluding tert-OH is 1. The van der Waals surface area contributed by atoms with Crippen molar-refractivity contribution in [3.05, 3.63) is 29.8 Å². The summed E-state index contributed by atoms with van der Waals surface area (Å²) in [5, 5.41) is 10.1. The maximum atomic E-state index is 10.1. The molecule has 2 rings (SSSR count). The van der Waals surface area contributed by atoms with E-state index in [4.69, 9.17) is 14.2 Å². The molecule has 0 bridgehead atoms. The van der Waals surface area contributed by atoms with Gasteiger partial charge in [-0.25, -0.2) is 0 Å². The van der Waals surface area contributed by atoms with E-state index in [0.29, 0.717) is 18.3 Å². The predicted octanol–water partition coefficient (Wildman–Crippen LogP) is 1.78. The molecule has 4 nitrogen and oxygen atoms in total. The summed E-state index contributed by atoms with van der Waals surface area (Å²) in [4.78, 5) is 0. The second-order valence-corrected chi connectivity index (χ2v) is 4.52. The van der Waals surface area contributed by atoms with Gasteiger partial charge in [0.15, 0.2) is 0 Å². The van der Waals surface area contributed by atoms with Crippen LogP contribution in [0.1, 0.15) is 18.1 Å². The molecular formula is C14H20O4. The van der Waals surface area contributed by atoms with Gasteiger partial charge in [-0.15, -0.1) is 0 Å². The quantitative estimate of drug-likeness (QED) is 0.838. The minimum Gasteiger partial charge on any atom is -0.496 e. The summed E-state index contributed by atoms with van der Waals surface area (Å²) in [6, 6.07) is 7.45. The highest BCUT2D eigenvalue weighted by Crippen LogP contribution is 2.25. The highest BCUT2D eigenvalue weighted by Gasteiger charge is 2.17. The van der Waals surface area contributed by atoms with Crippen molar-refractivity contribution < 1.29 is 19.3 Å². The summed E-state index contributed by atoms with van der Waals surface area (Å²) >= 11 is 0. The minimum absolute atomic E-state index is 0.289. The zero-order valence-corrected chi connectivity index (χ0v) is 10.7. The Morgan fingerprint density at radius 1 is 1.44 bits per heavy atom. The molecule has 2 atom stereocenters. The van der Waals surface area contributed by atoms with Crippen molar-refractivity contribution in [2.45, 2.75) is 12.5 Å². The summed E-state index contributed by atoms with van der Waals surface area (Å²) in [6.07, 6.45) is 0.397. The molecule has 100 valence electrons. The van der Waals surface area contributed by atoms with Gasteiger partial charge in [0.2, 0.25) is 0 Å². The van der Waals surface area contributed by atoms with Gasteiger partial charge < -0.3 is 19.3 Å². The number of para-hydroxylation sites is 1. The van der Waals surface area contributed by atoms with Crippen LogP contribution in [-0.4, -0.2) is 38.6 Å². The summed E-state index contributed by atoms with van der Waals surface area (Å²) in [6.45, 7) is 2.52. The third kappa shape index (κ3) is 3.45. The van der Waals surface area contributed by atoms with Gasteiger partial charge in [-0.05, 0) is 12.5 Å². The van der Waals surface area contributed by atoms with E-state index >= 15 is 0 Å². The summed E-state index contributed by atoms with van der Waals surface area (Å²) < 4.78 is 16.0. The van der Waals surface area contributed by atoms with Crippen LogP contribution in [0.4, 0.5) is 0 Å². The monoisotopic (exact) mass is 252 g/mol. The normalized spacial score (nSPS) is 20.9. The molecular weight excluding hydrogens is 232 g/mol. The third-order valence-electron chi connectivity index (χ3n) is 3.15. The van der Waals surface area contributed by atoms with Crippen LogP contribution in [0.2, 0.25) is 0 Å². The van der Waals surface area contributed by atoms with Gasteiger partial charge >= 0.3 is 0 Å². The lowest BCUT2D eigenvalue weighted by Gasteiger charge is -2.16. The molecule has 0 aromatic heterocycles. The largest absolute Gasteiger partial charge is 0.496 e. The van der Waals surface area contributed by atoms with Gasteiger partial charge in [0.05, 0.1) is 26.9 Å². The van der Waals surface area contributed by atoms with Gasteiger partial charge in [0, 0.05) is 18.1 Å². The van der Waals surface area contributed by atoms with Gasteiger partial charge in [-0.3, -0.25) is 0 Å². The molecule has 1 aromatic rings. The average molecular weight is 252 g/mol. The lowest BCUT2D eigenvalue weighted by atomic mass is 10.1. The van der Waals surface area contributed by atoms with E-state index in [1.54, 1.807) is 7.11 Å². The first kappa shape index (κ1) is 13.3. The van der Waals surface area contributed by atoms with Crippen LogP contribution >= 0.6 is 0 Å². The topological polar surface area (TPSA) is 47.9 Å². The molecule has 1 heterocycles. The molecule has 1 saturated heterocycles. The third-order valence-corrected chi connectivity index (χ3v) is 3.15. The molecule has 0 amide bonds. The molecule has 0 spiro atoms. The zero-order chi connectivity index (χ0) is 12.8. The summed E-state index contributed by atoms with van der Waals surface area (Å²) in [7, 11) is 1.60. The Morgan fingerprint density at radius 3 is 3.00 bits per heavy atom. The van der Waals surface area contributed by atoms with E-state index in [0.717, 1.165) is 25.2 Å². The Balaban J connectivity index is 1.81. The number of benzene rings is 1. The number of ether oxygens (including phenoxy) is 3. The fourth-order valence-electron chi connectivity index (χ4n) is 2.09. The molecule has 0 radical (unpaired) electrons. The molecule has 1 aliphatic rings. The van der Waals surface area contributed by atoms with Gasteiger partial charge in [-0.2, -0.15) is 0 Å². The number of methoxy groups -OCH3 is 1. The van der Waals surface area contributed by atoms with E-state index in [-0.39, 0.29) is 6.61 Å². The first-order chi connectivity index (χ1) is 8.81. The Kier molecular flexibility index (Phi) is 4.99. The molecule has 1 aromatic carbocycles. The lowest BCUT2D eigenvalue weighted by molar-refractivity contribution is 0.0176. The second kappa shape index (κ2) is 6.73. The van der Waals surface area contributed by atoms with Crippen molar-refractivity contribution in [2.24, 2.45) is 5.92 Å². The number of hydrogen-bond donors (Lipinski definition) is 1. The van der Waals surface area contributed by atoms with E-state index < -0.39 is 6.10 Å². The van der Waals surface area contributed by atoms with Crippen LogP contribution in [0.25, 0.3) is 0 Å². The van der Waals surface area contributed by atoms with Crippen molar-refractivity contribution in [3.63, 3.8) is 0 Å². The van der Waals surface area contributed by atoms with Crippen LogP contribution in [0.3, 0.4) is 0 Å². The fraction of sp³-hybridized carbons (Fsp3) is 0.571. The molecule has 1 N–H and O–H groups in total. The molecule has 0 saturated carbocycles. The first-order valence-electron chi connectivity index (χ1n) is 6.27. The van der Waals surface area contributed by atoms with E-state index in [1.807, 2.05) is 24.3 Å². The van der Waals surface area contributed by atoms with Crippen LogP contribution in [-0.2, 0) is 9.47 Å². The highest BCUT2D eigenvalue weighted by molar-refractivity contribution is 5.34. The molecule has 2 unspecified atom stereocenters. The van der Waals surface area contributed by atoms with Gasteiger partial charge in [-0.1, -0.05) is 18.2 Å². The maximum Gasteiger partial charge on any atom is 0.124 e. The van der Waals surface area contributed by atoms with Crippen molar-refractivity contribution in [1.82, 2.24) is 0 Å². The number of aliphatic hydroxyl groups is 1. The molecule has 1 aliphatic heterocycles. The predicted molar refractivity (Wildman–Crippen MR) is 67.7 cm³/mol. The van der Waals surface area contributed by atoms with Crippen LogP contribution in [0.5, 0.6) is 5.75 Å². The molecule has 4 heteroatoms. The zero-order valence-electron chi connectivity index (χ0n) is 10.7. The smallest absolute Gasteiger partial charge is 0.124 e. The van der Waals surface area contributed by atoms with Crippen LogP contribution in [0, 0.1) is 5.92 Å². The van der Waals surface area contributed by atoms with E-state index in [9.17, 15) is 5.11 Å². The van der Waals surface area contributed by atoms with Crippen LogP contribution in [0.15, 0.2) is 24.3 Å². The summed E-state index contributed by atoms with van der Waals surface area (Å²) in [5.74, 6) is 1.16. The second-order valence-electron chi connectivity index (χ2n) is 4.52.